The van der Waals surface area contributed by atoms with Crippen molar-refractivity contribution < 1.29 is 0 Å². The molecule has 82 valence electrons. The molecule has 2 aromatic rings. The quantitative estimate of drug-likeness (QED) is 0.679. The van der Waals surface area contributed by atoms with E-state index in [1.54, 1.807) is 0 Å². The normalized spacial score (nSPS) is 10.4. The van der Waals surface area contributed by atoms with E-state index in [-0.39, 0.29) is 0 Å². The predicted molar refractivity (Wildman–Crippen MR) is 77.1 cm³/mol. The number of hydrogen-bond donors (Lipinski definition) is 0. The summed E-state index contributed by atoms with van der Waals surface area (Å²) in [6.45, 7) is 0. The van der Waals surface area contributed by atoms with E-state index in [2.05, 4.69) is 74.3 Å². The van der Waals surface area contributed by atoms with Gasteiger partial charge >= 0.3 is 0 Å². The van der Waals surface area contributed by atoms with Crippen molar-refractivity contribution in [1.29, 1.82) is 0 Å². The molecule has 16 heavy (non-hydrogen) atoms. The Bertz CT molecular complexity index is 463. The molecule has 2 aromatic carbocycles. The van der Waals surface area contributed by atoms with Crippen molar-refractivity contribution in [2.45, 2.75) is 10.7 Å². The van der Waals surface area contributed by atoms with Crippen molar-refractivity contribution in [2.24, 2.45) is 0 Å². The zero-order valence-corrected chi connectivity index (χ0v) is 12.0. The first-order valence-electron chi connectivity index (χ1n) is 5.14. The molecule has 0 bridgehead atoms. The fraction of sp³-hybridized carbons (Fsp3) is 0.143. The molecule has 0 heterocycles. The lowest BCUT2D eigenvalue weighted by Gasteiger charge is -2.09. The zero-order chi connectivity index (χ0) is 11.4. The zero-order valence-electron chi connectivity index (χ0n) is 8.79. The highest BCUT2D eigenvalue weighted by atomic mass is 79.9. The second kappa shape index (κ2) is 5.65. The Morgan fingerprint density at radius 1 is 0.812 bits per heavy atom. The van der Waals surface area contributed by atoms with Crippen molar-refractivity contribution in [3.05, 3.63) is 59.7 Å². The highest BCUT2D eigenvalue weighted by Crippen LogP contribution is 2.27. The minimum Gasteiger partial charge on any atom is -0.0876 e. The Labute approximate surface area is 113 Å². The van der Waals surface area contributed by atoms with Crippen LogP contribution in [0.1, 0.15) is 11.1 Å². The van der Waals surface area contributed by atoms with E-state index in [0.717, 1.165) is 10.7 Å². The molecule has 0 amide bonds. The van der Waals surface area contributed by atoms with Crippen LogP contribution in [0.15, 0.2) is 48.5 Å². The number of benzene rings is 2. The predicted octanol–water partition coefficient (Wildman–Crippen LogP) is 5.14. The topological polar surface area (TPSA) is 0 Å². The third-order valence-corrected chi connectivity index (χ3v) is 3.81. The standard InChI is InChI=1S/C14H12Br2/c15-9-11-6-7-13(10-16)14(8-11)12-4-2-1-3-5-12/h1-8H,9-10H2. The maximum absolute atomic E-state index is 3.54. The summed E-state index contributed by atoms with van der Waals surface area (Å²) in [6.07, 6.45) is 0. The SMILES string of the molecule is BrCc1ccc(CBr)c(-c2ccccc2)c1. The van der Waals surface area contributed by atoms with Gasteiger partial charge in [0.2, 0.25) is 0 Å². The minimum atomic E-state index is 0.889. The van der Waals surface area contributed by atoms with Gasteiger partial charge in [0, 0.05) is 10.7 Å². The van der Waals surface area contributed by atoms with Crippen molar-refractivity contribution in [2.75, 3.05) is 0 Å². The molecule has 0 nitrogen and oxygen atoms in total. The van der Waals surface area contributed by atoms with Crippen molar-refractivity contribution in [3.63, 3.8) is 0 Å². The summed E-state index contributed by atoms with van der Waals surface area (Å²) in [7, 11) is 0. The monoisotopic (exact) mass is 338 g/mol. The highest BCUT2D eigenvalue weighted by molar-refractivity contribution is 9.08. The van der Waals surface area contributed by atoms with Gasteiger partial charge in [-0.25, -0.2) is 0 Å². The Kier molecular flexibility index (Phi) is 4.19. The third kappa shape index (κ3) is 2.55. The van der Waals surface area contributed by atoms with Gasteiger partial charge in [-0.15, -0.1) is 0 Å². The number of hydrogen-bond acceptors (Lipinski definition) is 0. The van der Waals surface area contributed by atoms with Crippen LogP contribution in [0.25, 0.3) is 11.1 Å². The Morgan fingerprint density at radius 3 is 2.19 bits per heavy atom. The van der Waals surface area contributed by atoms with E-state index in [1.165, 1.54) is 22.3 Å². The van der Waals surface area contributed by atoms with Crippen LogP contribution >= 0.6 is 31.9 Å². The van der Waals surface area contributed by atoms with Crippen LogP contribution in [0.5, 0.6) is 0 Å². The van der Waals surface area contributed by atoms with E-state index in [9.17, 15) is 0 Å². The van der Waals surface area contributed by atoms with Crippen molar-refractivity contribution in [3.8, 4) is 11.1 Å². The van der Waals surface area contributed by atoms with Crippen LogP contribution in [0.2, 0.25) is 0 Å². The first kappa shape index (κ1) is 11.9. The van der Waals surface area contributed by atoms with Crippen molar-refractivity contribution >= 4 is 31.9 Å². The fourth-order valence-corrected chi connectivity index (χ4v) is 2.55. The molecule has 2 rings (SSSR count). The Morgan fingerprint density at radius 2 is 1.56 bits per heavy atom. The van der Waals surface area contributed by atoms with E-state index >= 15 is 0 Å². The molecule has 0 atom stereocenters. The lowest BCUT2D eigenvalue weighted by molar-refractivity contribution is 1.36. The second-order valence-electron chi connectivity index (χ2n) is 3.62. The molecule has 0 aliphatic rings. The molecule has 0 aliphatic carbocycles. The maximum atomic E-state index is 3.54. The first-order valence-corrected chi connectivity index (χ1v) is 7.38. The first-order chi connectivity index (χ1) is 7.85. The van der Waals surface area contributed by atoms with Crippen LogP contribution < -0.4 is 0 Å². The summed E-state index contributed by atoms with van der Waals surface area (Å²) in [5.41, 5.74) is 5.23. The summed E-state index contributed by atoms with van der Waals surface area (Å²) in [5.74, 6) is 0. The van der Waals surface area contributed by atoms with Crippen LogP contribution in [0, 0.1) is 0 Å². The maximum Gasteiger partial charge on any atom is 0.0289 e. The number of rotatable bonds is 3. The summed E-state index contributed by atoms with van der Waals surface area (Å²) in [6, 6.07) is 17.1. The second-order valence-corrected chi connectivity index (χ2v) is 4.75. The molecule has 0 aliphatic heterocycles. The molecule has 0 N–H and O–H groups in total. The van der Waals surface area contributed by atoms with E-state index in [1.807, 2.05) is 6.07 Å². The van der Waals surface area contributed by atoms with Gasteiger partial charge in [0.25, 0.3) is 0 Å². The van der Waals surface area contributed by atoms with Gasteiger partial charge in [0.15, 0.2) is 0 Å². The van der Waals surface area contributed by atoms with Gasteiger partial charge in [0.05, 0.1) is 0 Å². The average Bonchev–Trinajstić information content (AvgIpc) is 2.39. The van der Waals surface area contributed by atoms with Gasteiger partial charge in [-0.05, 0) is 22.3 Å². The molecular formula is C14H12Br2. The summed E-state index contributed by atoms with van der Waals surface area (Å²) in [4.78, 5) is 0. The van der Waals surface area contributed by atoms with Gasteiger partial charge in [0.1, 0.15) is 0 Å². The Hall–Kier alpha value is -0.600. The molecule has 2 heteroatoms. The van der Waals surface area contributed by atoms with Crippen LogP contribution in [0.4, 0.5) is 0 Å². The van der Waals surface area contributed by atoms with Crippen LogP contribution in [-0.4, -0.2) is 0 Å². The third-order valence-electron chi connectivity index (χ3n) is 2.56. The lowest BCUT2D eigenvalue weighted by Crippen LogP contribution is -1.88. The summed E-state index contributed by atoms with van der Waals surface area (Å²) >= 11 is 7.04. The highest BCUT2D eigenvalue weighted by Gasteiger charge is 2.04. The van der Waals surface area contributed by atoms with E-state index in [4.69, 9.17) is 0 Å². The molecule has 0 fully saturated rings. The Balaban J connectivity index is 2.53. The smallest absolute Gasteiger partial charge is 0.0289 e. The number of alkyl halides is 2. The molecule has 0 unspecified atom stereocenters. The summed E-state index contributed by atoms with van der Waals surface area (Å²) in [5, 5.41) is 1.79. The molecular weight excluding hydrogens is 328 g/mol. The lowest BCUT2D eigenvalue weighted by atomic mass is 9.99. The van der Waals surface area contributed by atoms with E-state index < -0.39 is 0 Å². The largest absolute Gasteiger partial charge is 0.0876 e. The molecule has 0 radical (unpaired) electrons. The van der Waals surface area contributed by atoms with Gasteiger partial charge in [-0.3, -0.25) is 0 Å². The number of halogens is 2. The van der Waals surface area contributed by atoms with Gasteiger partial charge < -0.3 is 0 Å². The summed E-state index contributed by atoms with van der Waals surface area (Å²) < 4.78 is 0. The van der Waals surface area contributed by atoms with E-state index in [0.29, 0.717) is 0 Å². The molecule has 0 spiro atoms. The molecule has 0 saturated carbocycles. The van der Waals surface area contributed by atoms with Crippen LogP contribution in [-0.2, 0) is 10.7 Å². The average molecular weight is 340 g/mol. The van der Waals surface area contributed by atoms with Gasteiger partial charge in [-0.1, -0.05) is 80.4 Å². The minimum absolute atomic E-state index is 0.889. The van der Waals surface area contributed by atoms with Crippen molar-refractivity contribution in [1.82, 2.24) is 0 Å². The fourth-order valence-electron chi connectivity index (χ4n) is 1.71. The van der Waals surface area contributed by atoms with Crippen LogP contribution in [0.3, 0.4) is 0 Å². The molecule has 0 saturated heterocycles. The molecule has 0 aromatic heterocycles. The van der Waals surface area contributed by atoms with Gasteiger partial charge in [-0.2, -0.15) is 0 Å².